The minimum absolute atomic E-state index is 0.404. The van der Waals surface area contributed by atoms with Crippen LogP contribution in [-0.4, -0.2) is 21.8 Å². The Morgan fingerprint density at radius 3 is 2.74 bits per heavy atom. The molecule has 0 spiro atoms. The first-order chi connectivity index (χ1) is 9.11. The molecule has 1 heterocycles. The predicted octanol–water partition coefficient (Wildman–Crippen LogP) is 2.18. The maximum absolute atomic E-state index is 5.76. The zero-order chi connectivity index (χ0) is 13.8. The van der Waals surface area contributed by atoms with E-state index in [-0.39, 0.29) is 0 Å². The molecule has 6 heteroatoms. The van der Waals surface area contributed by atoms with Crippen molar-refractivity contribution in [1.29, 1.82) is 0 Å². The fourth-order valence-corrected chi connectivity index (χ4v) is 2.24. The Hall–Kier alpha value is -1.40. The van der Waals surface area contributed by atoms with Crippen molar-refractivity contribution in [2.24, 2.45) is 7.05 Å². The Morgan fingerprint density at radius 1 is 1.37 bits per heavy atom. The van der Waals surface area contributed by atoms with Gasteiger partial charge in [-0.05, 0) is 47.6 Å². The Kier molecular flexibility index (Phi) is 4.55. The summed E-state index contributed by atoms with van der Waals surface area (Å²) in [5, 5.41) is 11.2. The van der Waals surface area contributed by atoms with Crippen LogP contribution in [0.5, 0.6) is 5.75 Å². The lowest BCUT2D eigenvalue weighted by Gasteiger charge is -2.09. The second kappa shape index (κ2) is 6.16. The van der Waals surface area contributed by atoms with Crippen LogP contribution in [-0.2, 0) is 20.2 Å². The smallest absolute Gasteiger partial charge is 0.170 e. The predicted molar refractivity (Wildman–Crippen MR) is 77.0 cm³/mol. The number of benzene rings is 1. The van der Waals surface area contributed by atoms with E-state index in [0.717, 1.165) is 28.4 Å². The Balaban J connectivity index is 2.05. The third kappa shape index (κ3) is 3.33. The van der Waals surface area contributed by atoms with Crippen molar-refractivity contribution >= 4 is 15.9 Å². The van der Waals surface area contributed by atoms with Crippen molar-refractivity contribution < 1.29 is 4.74 Å². The van der Waals surface area contributed by atoms with Gasteiger partial charge in [0, 0.05) is 13.6 Å². The van der Waals surface area contributed by atoms with Gasteiger partial charge in [0.05, 0.1) is 4.47 Å². The molecule has 1 aromatic carbocycles. The zero-order valence-electron chi connectivity index (χ0n) is 11.3. The Morgan fingerprint density at radius 2 is 2.16 bits per heavy atom. The maximum atomic E-state index is 5.76. The number of ether oxygens (including phenoxy) is 1. The Labute approximate surface area is 121 Å². The summed E-state index contributed by atoms with van der Waals surface area (Å²) in [5.41, 5.74) is 1.20. The third-order valence-corrected chi connectivity index (χ3v) is 3.54. The molecule has 0 unspecified atom stereocenters. The van der Waals surface area contributed by atoms with Crippen LogP contribution in [0.25, 0.3) is 0 Å². The van der Waals surface area contributed by atoms with E-state index in [9.17, 15) is 0 Å². The van der Waals surface area contributed by atoms with E-state index < -0.39 is 0 Å². The van der Waals surface area contributed by atoms with Gasteiger partial charge in [-0.25, -0.2) is 0 Å². The van der Waals surface area contributed by atoms with E-state index in [1.807, 2.05) is 43.8 Å². The van der Waals surface area contributed by atoms with Crippen LogP contribution in [0.4, 0.5) is 0 Å². The fourth-order valence-electron chi connectivity index (χ4n) is 1.69. The highest BCUT2D eigenvalue weighted by molar-refractivity contribution is 9.10. The monoisotopic (exact) mass is 324 g/mol. The molecule has 5 nitrogen and oxygen atoms in total. The number of halogens is 1. The van der Waals surface area contributed by atoms with Crippen LogP contribution in [0.3, 0.4) is 0 Å². The van der Waals surface area contributed by atoms with E-state index >= 15 is 0 Å². The molecule has 0 aliphatic carbocycles. The molecule has 0 radical (unpaired) electrons. The van der Waals surface area contributed by atoms with Crippen molar-refractivity contribution in [3.63, 3.8) is 0 Å². The van der Waals surface area contributed by atoms with Gasteiger partial charge >= 0.3 is 0 Å². The van der Waals surface area contributed by atoms with Gasteiger partial charge < -0.3 is 14.6 Å². The zero-order valence-corrected chi connectivity index (χ0v) is 12.9. The first kappa shape index (κ1) is 14.0. The first-order valence-corrected chi connectivity index (χ1v) is 6.82. The van der Waals surface area contributed by atoms with Crippen LogP contribution in [0.2, 0.25) is 0 Å². The molecular weight excluding hydrogens is 308 g/mol. The van der Waals surface area contributed by atoms with Crippen LogP contribution < -0.4 is 10.1 Å². The maximum Gasteiger partial charge on any atom is 0.170 e. The largest absolute Gasteiger partial charge is 0.484 e. The highest BCUT2D eigenvalue weighted by Gasteiger charge is 2.07. The number of nitrogens with one attached hydrogen (secondary N) is 1. The molecule has 0 saturated heterocycles. The summed E-state index contributed by atoms with van der Waals surface area (Å²) >= 11 is 3.52. The highest BCUT2D eigenvalue weighted by Crippen LogP contribution is 2.26. The molecule has 2 aromatic rings. The van der Waals surface area contributed by atoms with Crippen molar-refractivity contribution in [2.45, 2.75) is 20.1 Å². The summed E-state index contributed by atoms with van der Waals surface area (Å²) in [7, 11) is 3.85. The Bertz CT molecular complexity index is 568. The van der Waals surface area contributed by atoms with Gasteiger partial charge in [0.15, 0.2) is 5.82 Å². The van der Waals surface area contributed by atoms with Crippen LogP contribution in [0.1, 0.15) is 17.2 Å². The van der Waals surface area contributed by atoms with E-state index in [1.165, 1.54) is 5.56 Å². The topological polar surface area (TPSA) is 52.0 Å². The molecule has 0 aliphatic heterocycles. The van der Waals surface area contributed by atoms with Gasteiger partial charge in [0.2, 0.25) is 0 Å². The molecule has 0 aliphatic rings. The highest BCUT2D eigenvalue weighted by atomic mass is 79.9. The van der Waals surface area contributed by atoms with Crippen LogP contribution >= 0.6 is 15.9 Å². The lowest BCUT2D eigenvalue weighted by molar-refractivity contribution is 0.289. The van der Waals surface area contributed by atoms with E-state index in [4.69, 9.17) is 4.74 Å². The van der Waals surface area contributed by atoms with E-state index in [0.29, 0.717) is 6.61 Å². The number of hydrogen-bond acceptors (Lipinski definition) is 4. The SMILES string of the molecule is CNCc1ccc(OCc2nnc(C)n2C)c(Br)c1. The average Bonchev–Trinajstić information content (AvgIpc) is 2.70. The molecule has 0 amide bonds. The van der Waals surface area contributed by atoms with Crippen LogP contribution in [0, 0.1) is 6.92 Å². The molecule has 0 bridgehead atoms. The van der Waals surface area contributed by atoms with Gasteiger partial charge in [-0.15, -0.1) is 10.2 Å². The lowest BCUT2D eigenvalue weighted by atomic mass is 10.2. The molecule has 1 N–H and O–H groups in total. The minimum Gasteiger partial charge on any atom is -0.484 e. The summed E-state index contributed by atoms with van der Waals surface area (Å²) in [6.07, 6.45) is 0. The van der Waals surface area contributed by atoms with Crippen molar-refractivity contribution in [1.82, 2.24) is 20.1 Å². The van der Waals surface area contributed by atoms with Crippen molar-refractivity contribution in [3.05, 3.63) is 39.9 Å². The standard InChI is InChI=1S/C13H17BrN4O/c1-9-16-17-13(18(9)3)8-19-12-5-4-10(7-15-2)6-11(12)14/h4-6,15H,7-8H2,1-3H3. The van der Waals surface area contributed by atoms with E-state index in [2.05, 4.69) is 31.4 Å². The van der Waals surface area contributed by atoms with Gasteiger partial charge in [-0.2, -0.15) is 0 Å². The normalized spacial score (nSPS) is 10.7. The number of nitrogens with zero attached hydrogens (tertiary/aromatic N) is 3. The summed E-state index contributed by atoms with van der Waals surface area (Å²) in [4.78, 5) is 0. The summed E-state index contributed by atoms with van der Waals surface area (Å²) in [6, 6.07) is 6.05. The number of aromatic nitrogens is 3. The minimum atomic E-state index is 0.404. The van der Waals surface area contributed by atoms with Crippen molar-refractivity contribution in [3.8, 4) is 5.75 Å². The fraction of sp³-hybridized carbons (Fsp3) is 0.385. The molecule has 2 rings (SSSR count). The quantitative estimate of drug-likeness (QED) is 0.916. The molecule has 19 heavy (non-hydrogen) atoms. The lowest BCUT2D eigenvalue weighted by Crippen LogP contribution is -2.06. The summed E-state index contributed by atoms with van der Waals surface area (Å²) in [5.74, 6) is 2.49. The average molecular weight is 325 g/mol. The molecule has 102 valence electrons. The second-order valence-electron chi connectivity index (χ2n) is 4.31. The van der Waals surface area contributed by atoms with E-state index in [1.54, 1.807) is 0 Å². The third-order valence-electron chi connectivity index (χ3n) is 2.92. The molecular formula is C13H17BrN4O. The van der Waals surface area contributed by atoms with Crippen LogP contribution in [0.15, 0.2) is 22.7 Å². The number of aryl methyl sites for hydroxylation is 1. The summed E-state index contributed by atoms with van der Waals surface area (Å²) < 4.78 is 8.62. The molecule has 0 fully saturated rings. The number of hydrogen-bond donors (Lipinski definition) is 1. The van der Waals surface area contributed by atoms with Gasteiger partial charge in [-0.1, -0.05) is 6.07 Å². The second-order valence-corrected chi connectivity index (χ2v) is 5.16. The molecule has 0 atom stereocenters. The number of rotatable bonds is 5. The summed E-state index contributed by atoms with van der Waals surface area (Å²) in [6.45, 7) is 3.15. The van der Waals surface area contributed by atoms with Gasteiger partial charge in [-0.3, -0.25) is 0 Å². The van der Waals surface area contributed by atoms with Gasteiger partial charge in [0.1, 0.15) is 18.2 Å². The van der Waals surface area contributed by atoms with Crippen molar-refractivity contribution in [2.75, 3.05) is 7.05 Å². The molecule has 1 aromatic heterocycles. The molecule has 0 saturated carbocycles. The first-order valence-electron chi connectivity index (χ1n) is 6.02. The van der Waals surface area contributed by atoms with Gasteiger partial charge in [0.25, 0.3) is 0 Å².